The molecule has 1 aliphatic rings. The largest absolute Gasteiger partial charge is 0.453 e. The molecule has 0 radical (unpaired) electrons. The summed E-state index contributed by atoms with van der Waals surface area (Å²) in [5.41, 5.74) is 12.0. The zero-order valence-electron chi connectivity index (χ0n) is 31.2. The number of aliphatic imine (C=N–C) groups is 1. The van der Waals surface area contributed by atoms with Crippen LogP contribution in [0.5, 0.6) is 0 Å². The van der Waals surface area contributed by atoms with E-state index in [1.54, 1.807) is 0 Å². The molecular weight excluding hydrogens is 685 g/mol. The number of hydrogen-bond acceptors (Lipinski definition) is 2. The van der Waals surface area contributed by atoms with Crippen molar-refractivity contribution in [1.29, 1.82) is 0 Å². The lowest BCUT2D eigenvalue weighted by Gasteiger charge is -2.38. The van der Waals surface area contributed by atoms with Crippen molar-refractivity contribution in [3.05, 3.63) is 191 Å². The van der Waals surface area contributed by atoms with Crippen molar-refractivity contribution in [3.8, 4) is 22.3 Å². The first kappa shape index (κ1) is 33.5. The molecule has 55 heavy (non-hydrogen) atoms. The van der Waals surface area contributed by atoms with Gasteiger partial charge in [0.2, 0.25) is 0 Å². The maximum Gasteiger partial charge on any atom is 0.0368 e. The van der Waals surface area contributed by atoms with Gasteiger partial charge in [-0.3, -0.25) is 0 Å². The Hall–Kier alpha value is -6.03. The van der Waals surface area contributed by atoms with Crippen molar-refractivity contribution >= 4 is 64.6 Å². The highest BCUT2D eigenvalue weighted by atomic mass is 32.1. The number of rotatable bonds is 9. The molecule has 0 bridgehead atoms. The van der Waals surface area contributed by atoms with Gasteiger partial charge < -0.3 is 10.3 Å². The molecule has 1 aromatic heterocycles. The fourth-order valence-electron chi connectivity index (χ4n) is 8.68. The fourth-order valence-corrected chi connectivity index (χ4v) is 9.88. The van der Waals surface area contributed by atoms with Crippen molar-refractivity contribution in [3.63, 3.8) is 0 Å². The minimum absolute atomic E-state index is 0.0902. The molecule has 3 heteroatoms. The minimum atomic E-state index is -0.0902. The second-order valence-corrected chi connectivity index (χ2v) is 15.9. The third-order valence-corrected chi connectivity index (χ3v) is 12.5. The van der Waals surface area contributed by atoms with Crippen LogP contribution in [-0.4, -0.2) is 5.84 Å². The molecule has 1 aliphatic heterocycles. The summed E-state index contributed by atoms with van der Waals surface area (Å²) >= 11 is 1.92. The van der Waals surface area contributed by atoms with Gasteiger partial charge in [-0.2, -0.15) is 0 Å². The molecule has 1 atom stereocenters. The van der Waals surface area contributed by atoms with Crippen molar-refractivity contribution in [2.75, 3.05) is 0 Å². The molecule has 0 aliphatic carbocycles. The Labute approximate surface area is 326 Å². The third-order valence-electron chi connectivity index (χ3n) is 11.4. The lowest BCUT2D eigenvalue weighted by Crippen LogP contribution is -2.15. The van der Waals surface area contributed by atoms with Crippen LogP contribution in [-0.2, 0) is 6.42 Å². The summed E-state index contributed by atoms with van der Waals surface area (Å²) in [6, 6.07) is 57.9. The summed E-state index contributed by atoms with van der Waals surface area (Å²) in [6.45, 7) is 4.51. The highest BCUT2D eigenvalue weighted by molar-refractivity contribution is 7.26. The summed E-state index contributed by atoms with van der Waals surface area (Å²) in [7, 11) is 0. The molecule has 0 N–H and O–H groups in total. The van der Waals surface area contributed by atoms with E-state index in [0.717, 1.165) is 48.3 Å². The lowest BCUT2D eigenvalue weighted by molar-refractivity contribution is 0.795. The van der Waals surface area contributed by atoms with Gasteiger partial charge in [0.05, 0.1) is 0 Å². The molecule has 2 heterocycles. The van der Waals surface area contributed by atoms with Gasteiger partial charge in [0.1, 0.15) is 0 Å². The number of hydrogen-bond donors (Lipinski definition) is 0. The zero-order valence-corrected chi connectivity index (χ0v) is 32.0. The number of thiophene rings is 1. The van der Waals surface area contributed by atoms with Gasteiger partial charge in [0, 0.05) is 26.2 Å². The number of unbranched alkanes of at least 4 members (excludes halogenated alkanes) is 1. The Morgan fingerprint density at radius 2 is 1.15 bits per heavy atom. The molecule has 8 aromatic carbocycles. The molecule has 10 rings (SSSR count). The average molecular weight is 726 g/mol. The van der Waals surface area contributed by atoms with Crippen LogP contribution < -0.4 is 0 Å². The topological polar surface area (TPSA) is 26.5 Å². The number of fused-ring (bicyclic) bond motifs is 3. The molecule has 0 amide bonds. The summed E-state index contributed by atoms with van der Waals surface area (Å²) < 4.78 is 2.72. The number of nitrogens with zero attached hydrogens (tertiary/aromatic N) is 2. The van der Waals surface area contributed by atoms with Crippen LogP contribution in [0.25, 0.3) is 75.0 Å². The second kappa shape index (κ2) is 14.0. The van der Waals surface area contributed by atoms with E-state index < -0.39 is 0 Å². The maximum atomic E-state index is 5.33. The van der Waals surface area contributed by atoms with E-state index in [4.69, 9.17) is 10.3 Å². The smallest absolute Gasteiger partial charge is 0.0368 e. The van der Waals surface area contributed by atoms with E-state index in [-0.39, 0.29) is 6.04 Å². The summed E-state index contributed by atoms with van der Waals surface area (Å²) in [5.74, 6) is 0.783. The monoisotopic (exact) mass is 725 g/mol. The zero-order chi connectivity index (χ0) is 36.9. The molecular formula is C52H41N2S-. The quantitative estimate of drug-likeness (QED) is 0.132. The first-order valence-corrected chi connectivity index (χ1v) is 20.5. The van der Waals surface area contributed by atoms with E-state index in [9.17, 15) is 0 Å². The van der Waals surface area contributed by atoms with E-state index in [2.05, 4.69) is 166 Å². The molecule has 1 unspecified atom stereocenters. The normalized spacial score (nSPS) is 14.7. The van der Waals surface area contributed by atoms with Crippen LogP contribution in [0, 0.1) is 0 Å². The molecule has 0 saturated carbocycles. The van der Waals surface area contributed by atoms with Crippen LogP contribution in [0.3, 0.4) is 0 Å². The van der Waals surface area contributed by atoms with Crippen LogP contribution in [0.15, 0.2) is 168 Å². The Morgan fingerprint density at radius 3 is 1.93 bits per heavy atom. The average Bonchev–Trinajstić information content (AvgIpc) is 3.64. The van der Waals surface area contributed by atoms with Crippen molar-refractivity contribution in [1.82, 2.24) is 0 Å². The summed E-state index contributed by atoms with van der Waals surface area (Å²) in [5, 5.41) is 13.4. The maximum absolute atomic E-state index is 5.33. The number of benzene rings is 8. The predicted molar refractivity (Wildman–Crippen MR) is 238 cm³/mol. The van der Waals surface area contributed by atoms with Gasteiger partial charge in [-0.1, -0.05) is 159 Å². The third kappa shape index (κ3) is 5.91. The van der Waals surface area contributed by atoms with Gasteiger partial charge in [-0.15, -0.1) is 11.3 Å². The van der Waals surface area contributed by atoms with Gasteiger partial charge in [-0.05, 0) is 121 Å². The highest BCUT2D eigenvalue weighted by Gasteiger charge is 2.21. The number of amidine groups is 1. The van der Waals surface area contributed by atoms with Gasteiger partial charge in [-0.25, -0.2) is 0 Å². The van der Waals surface area contributed by atoms with E-state index in [0.29, 0.717) is 0 Å². The SMILES string of the molecule is CCCCc1cc(-c2cccc(C3=C(CC)C(c4ccccc4)[N-]C(c4ccccc4)=N3)c2)cc(-c2cc3sc4cccc5c6ccccc6c(c2)c3c45)c1. The second-order valence-electron chi connectivity index (χ2n) is 14.8. The van der Waals surface area contributed by atoms with Crippen LogP contribution in [0.2, 0.25) is 0 Å². The van der Waals surface area contributed by atoms with Crippen LogP contribution >= 0.6 is 11.3 Å². The molecule has 266 valence electrons. The Kier molecular flexibility index (Phi) is 8.53. The van der Waals surface area contributed by atoms with Crippen molar-refractivity contribution < 1.29 is 0 Å². The Bertz CT molecular complexity index is 2920. The molecule has 2 nitrogen and oxygen atoms in total. The van der Waals surface area contributed by atoms with Crippen LogP contribution in [0.1, 0.15) is 61.4 Å². The van der Waals surface area contributed by atoms with E-state index in [1.807, 2.05) is 17.4 Å². The summed E-state index contributed by atoms with van der Waals surface area (Å²) in [4.78, 5) is 5.33. The molecule has 0 saturated heterocycles. The fraction of sp³-hybridized carbons (Fsp3) is 0.135. The first-order valence-electron chi connectivity index (χ1n) is 19.6. The highest BCUT2D eigenvalue weighted by Crippen LogP contribution is 2.47. The lowest BCUT2D eigenvalue weighted by atomic mass is 9.88. The number of aryl methyl sites for hydroxylation is 1. The molecule has 9 aromatic rings. The van der Waals surface area contributed by atoms with Crippen molar-refractivity contribution in [2.45, 2.75) is 45.6 Å². The Balaban J connectivity index is 1.14. The van der Waals surface area contributed by atoms with E-state index in [1.165, 1.54) is 80.7 Å². The first-order chi connectivity index (χ1) is 27.2. The van der Waals surface area contributed by atoms with Crippen LogP contribution in [0.4, 0.5) is 0 Å². The Morgan fingerprint density at radius 1 is 0.527 bits per heavy atom. The van der Waals surface area contributed by atoms with E-state index >= 15 is 0 Å². The van der Waals surface area contributed by atoms with Gasteiger partial charge in [0.15, 0.2) is 0 Å². The van der Waals surface area contributed by atoms with Crippen molar-refractivity contribution in [2.24, 2.45) is 4.99 Å². The predicted octanol–water partition coefficient (Wildman–Crippen LogP) is 15.2. The standard InChI is InChI=1S/C52H41N2S/c1-3-5-16-33-27-38(30-39(28-33)40-31-45-43-24-13-12-23-42(43)44-25-15-26-46-48(44)49(45)47(32-40)55-46)36-21-14-22-37(29-36)51-41(4-2)50(34-17-8-6-9-18-34)53-52(54-51)35-19-10-7-11-20-35/h6-15,17-32,50H,3-5,16H2,1-2H3/q-1. The molecule has 0 fully saturated rings. The minimum Gasteiger partial charge on any atom is -0.453 e. The van der Waals surface area contributed by atoms with Gasteiger partial charge in [0.25, 0.3) is 0 Å². The molecule has 0 spiro atoms. The van der Waals surface area contributed by atoms with Gasteiger partial charge >= 0.3 is 0 Å². The summed E-state index contributed by atoms with van der Waals surface area (Å²) in [6.07, 6.45) is 4.23.